The van der Waals surface area contributed by atoms with E-state index in [2.05, 4.69) is 22.6 Å². The van der Waals surface area contributed by atoms with Crippen molar-refractivity contribution in [2.24, 2.45) is 7.05 Å². The highest BCUT2D eigenvalue weighted by molar-refractivity contribution is 5.96. The molecular weight excluding hydrogens is 352 g/mol. The highest BCUT2D eigenvalue weighted by Gasteiger charge is 2.25. The normalized spacial score (nSPS) is 15.5. The zero-order chi connectivity index (χ0) is 19.1. The monoisotopic (exact) mass is 374 g/mol. The van der Waals surface area contributed by atoms with E-state index in [1.165, 1.54) is 0 Å². The molecule has 2 aromatic heterocycles. The van der Waals surface area contributed by atoms with Crippen LogP contribution in [0.5, 0.6) is 0 Å². The number of furan rings is 1. The van der Waals surface area contributed by atoms with Crippen LogP contribution in [0.25, 0.3) is 22.0 Å². The first-order chi connectivity index (χ1) is 13.7. The fraction of sp³-hybridized carbons (Fsp3) is 0.273. The van der Waals surface area contributed by atoms with E-state index in [9.17, 15) is 4.79 Å². The number of carbonyl (C=O) groups excluding carboxylic acids is 1. The first-order valence-corrected chi connectivity index (χ1v) is 9.59. The fourth-order valence-corrected chi connectivity index (χ4v) is 3.89. The van der Waals surface area contributed by atoms with Crippen LogP contribution < -0.4 is 0 Å². The number of imidazole rings is 1. The van der Waals surface area contributed by atoms with Crippen molar-refractivity contribution in [3.05, 3.63) is 66.2 Å². The summed E-state index contributed by atoms with van der Waals surface area (Å²) in [4.78, 5) is 21.8. The molecule has 0 radical (unpaired) electrons. The molecule has 0 unspecified atom stereocenters. The second-order valence-electron chi connectivity index (χ2n) is 7.29. The number of aromatic nitrogens is 2. The van der Waals surface area contributed by atoms with Crippen molar-refractivity contribution in [1.82, 2.24) is 19.4 Å². The number of fused-ring (bicyclic) bond motifs is 2. The molecule has 1 saturated heterocycles. The smallest absolute Gasteiger partial charge is 0.289 e. The molecule has 5 rings (SSSR count). The van der Waals surface area contributed by atoms with Gasteiger partial charge in [0, 0.05) is 38.6 Å². The molecule has 6 heteroatoms. The Labute approximate surface area is 163 Å². The van der Waals surface area contributed by atoms with Gasteiger partial charge in [-0.05, 0) is 24.3 Å². The summed E-state index contributed by atoms with van der Waals surface area (Å²) in [5.41, 5.74) is 2.93. The minimum absolute atomic E-state index is 0.0291. The van der Waals surface area contributed by atoms with Gasteiger partial charge >= 0.3 is 0 Å². The topological polar surface area (TPSA) is 54.5 Å². The molecule has 0 atom stereocenters. The molecule has 0 aliphatic carbocycles. The third-order valence-electron chi connectivity index (χ3n) is 5.54. The second-order valence-corrected chi connectivity index (χ2v) is 7.29. The van der Waals surface area contributed by atoms with Gasteiger partial charge in [0.05, 0.1) is 17.6 Å². The highest BCUT2D eigenvalue weighted by atomic mass is 16.3. The molecule has 1 amide bonds. The number of hydrogen-bond acceptors (Lipinski definition) is 4. The van der Waals surface area contributed by atoms with E-state index < -0.39 is 0 Å². The van der Waals surface area contributed by atoms with Crippen LogP contribution in [0.4, 0.5) is 0 Å². The number of carbonyl (C=O) groups is 1. The van der Waals surface area contributed by atoms with Crippen molar-refractivity contribution in [3.63, 3.8) is 0 Å². The van der Waals surface area contributed by atoms with E-state index in [0.717, 1.165) is 47.5 Å². The summed E-state index contributed by atoms with van der Waals surface area (Å²) < 4.78 is 7.89. The van der Waals surface area contributed by atoms with Gasteiger partial charge in [-0.3, -0.25) is 9.69 Å². The Morgan fingerprint density at radius 3 is 2.57 bits per heavy atom. The van der Waals surface area contributed by atoms with Crippen LogP contribution in [0.2, 0.25) is 0 Å². The Bertz CT molecular complexity index is 1120. The summed E-state index contributed by atoms with van der Waals surface area (Å²) in [7, 11) is 2.06. The number of hydrogen-bond donors (Lipinski definition) is 0. The third-order valence-corrected chi connectivity index (χ3v) is 5.54. The minimum atomic E-state index is -0.0291. The average molecular weight is 374 g/mol. The second kappa shape index (κ2) is 6.80. The number of nitrogens with zero attached hydrogens (tertiary/aromatic N) is 4. The maximum atomic E-state index is 12.8. The van der Waals surface area contributed by atoms with E-state index in [0.29, 0.717) is 18.8 Å². The molecule has 1 aliphatic heterocycles. The van der Waals surface area contributed by atoms with Gasteiger partial charge in [-0.25, -0.2) is 4.98 Å². The van der Waals surface area contributed by atoms with Crippen LogP contribution in [0.3, 0.4) is 0 Å². The van der Waals surface area contributed by atoms with Crippen LogP contribution in [0.15, 0.2) is 59.0 Å². The van der Waals surface area contributed by atoms with Gasteiger partial charge in [0.15, 0.2) is 5.76 Å². The number of rotatable bonds is 3. The Hall–Kier alpha value is -3.12. The molecular formula is C22H22N4O2. The first kappa shape index (κ1) is 17.0. The molecule has 1 aliphatic rings. The van der Waals surface area contributed by atoms with Crippen LogP contribution in [-0.4, -0.2) is 51.4 Å². The Balaban J connectivity index is 1.25. The minimum Gasteiger partial charge on any atom is -0.451 e. The van der Waals surface area contributed by atoms with Crippen LogP contribution in [0.1, 0.15) is 16.4 Å². The summed E-state index contributed by atoms with van der Waals surface area (Å²) in [5, 5.41) is 0.964. The van der Waals surface area contributed by atoms with Crippen molar-refractivity contribution >= 4 is 27.9 Å². The summed E-state index contributed by atoms with van der Waals surface area (Å²) >= 11 is 0. The van der Waals surface area contributed by atoms with Gasteiger partial charge in [0.1, 0.15) is 11.4 Å². The van der Waals surface area contributed by atoms with E-state index in [1.807, 2.05) is 53.4 Å². The summed E-state index contributed by atoms with van der Waals surface area (Å²) in [6, 6.07) is 17.7. The van der Waals surface area contributed by atoms with Gasteiger partial charge in [-0.15, -0.1) is 0 Å². The van der Waals surface area contributed by atoms with Gasteiger partial charge in [-0.1, -0.05) is 30.3 Å². The zero-order valence-corrected chi connectivity index (χ0v) is 15.8. The van der Waals surface area contributed by atoms with Crippen molar-refractivity contribution in [2.75, 3.05) is 26.2 Å². The van der Waals surface area contributed by atoms with E-state index in [1.54, 1.807) is 0 Å². The van der Waals surface area contributed by atoms with E-state index in [-0.39, 0.29) is 5.91 Å². The molecule has 4 aromatic rings. The lowest BCUT2D eigenvalue weighted by Gasteiger charge is -2.34. The standard InChI is InChI=1S/C22H22N4O2/c1-24-18-8-4-3-7-17(18)23-21(24)15-25-10-12-26(13-11-25)22(27)20-14-16-6-2-5-9-19(16)28-20/h2-9,14H,10-13,15H2,1H3. The number of aryl methyl sites for hydroxylation is 1. The molecule has 0 N–H and O–H groups in total. The lowest BCUT2D eigenvalue weighted by molar-refractivity contribution is 0.0596. The molecule has 0 spiro atoms. The van der Waals surface area contributed by atoms with Gasteiger partial charge in [0.25, 0.3) is 5.91 Å². The van der Waals surface area contributed by atoms with Gasteiger partial charge < -0.3 is 13.9 Å². The van der Waals surface area contributed by atoms with Crippen molar-refractivity contribution in [3.8, 4) is 0 Å². The number of benzene rings is 2. The largest absolute Gasteiger partial charge is 0.451 e. The van der Waals surface area contributed by atoms with Crippen LogP contribution >= 0.6 is 0 Å². The molecule has 1 fully saturated rings. The van der Waals surface area contributed by atoms with Gasteiger partial charge in [-0.2, -0.15) is 0 Å². The number of para-hydroxylation sites is 3. The van der Waals surface area contributed by atoms with Crippen molar-refractivity contribution in [1.29, 1.82) is 0 Å². The average Bonchev–Trinajstić information content (AvgIpc) is 3.30. The van der Waals surface area contributed by atoms with Crippen LogP contribution in [-0.2, 0) is 13.6 Å². The Morgan fingerprint density at radius 1 is 1.04 bits per heavy atom. The summed E-state index contributed by atoms with van der Waals surface area (Å²) in [6.45, 7) is 3.84. The Kier molecular flexibility index (Phi) is 4.13. The fourth-order valence-electron chi connectivity index (χ4n) is 3.89. The van der Waals surface area contributed by atoms with Crippen LogP contribution in [0, 0.1) is 0 Å². The molecule has 142 valence electrons. The van der Waals surface area contributed by atoms with E-state index >= 15 is 0 Å². The predicted molar refractivity (Wildman–Crippen MR) is 108 cm³/mol. The molecule has 28 heavy (non-hydrogen) atoms. The van der Waals surface area contributed by atoms with Gasteiger partial charge in [0.2, 0.25) is 0 Å². The Morgan fingerprint density at radius 2 is 1.79 bits per heavy atom. The molecule has 3 heterocycles. The first-order valence-electron chi connectivity index (χ1n) is 9.59. The quantitative estimate of drug-likeness (QED) is 0.552. The molecule has 6 nitrogen and oxygen atoms in total. The molecule has 0 bridgehead atoms. The summed E-state index contributed by atoms with van der Waals surface area (Å²) in [5.74, 6) is 1.45. The SMILES string of the molecule is Cn1c(CN2CCN(C(=O)c3cc4ccccc4o3)CC2)nc2ccccc21. The van der Waals surface area contributed by atoms with E-state index in [4.69, 9.17) is 9.40 Å². The third kappa shape index (κ3) is 2.96. The molecule has 0 saturated carbocycles. The number of amides is 1. The summed E-state index contributed by atoms with van der Waals surface area (Å²) in [6.07, 6.45) is 0. The maximum Gasteiger partial charge on any atom is 0.289 e. The molecule has 2 aromatic carbocycles. The zero-order valence-electron chi connectivity index (χ0n) is 15.8. The highest BCUT2D eigenvalue weighted by Crippen LogP contribution is 2.21. The lowest BCUT2D eigenvalue weighted by Crippen LogP contribution is -2.48. The number of piperazine rings is 1. The lowest BCUT2D eigenvalue weighted by atomic mass is 10.2. The van der Waals surface area contributed by atoms with Crippen molar-refractivity contribution in [2.45, 2.75) is 6.54 Å². The predicted octanol–water partition coefficient (Wildman–Crippen LogP) is 3.28. The van der Waals surface area contributed by atoms with Crippen molar-refractivity contribution < 1.29 is 9.21 Å². The maximum absolute atomic E-state index is 12.8.